The number of benzene rings is 7. The second-order valence-corrected chi connectivity index (χ2v) is 22.5. The Morgan fingerprint density at radius 1 is 0.367 bits per heavy atom. The second-order valence-electron chi connectivity index (χ2n) is 22.5. The van der Waals surface area contributed by atoms with Crippen molar-refractivity contribution in [3.63, 3.8) is 0 Å². The first-order valence-electron chi connectivity index (χ1n) is 26.1. The predicted octanol–water partition coefficient (Wildman–Crippen LogP) is 15.3. The summed E-state index contributed by atoms with van der Waals surface area (Å²) >= 11 is 0. The number of hydrogen-bond donors (Lipinski definition) is 0. The predicted molar refractivity (Wildman–Crippen MR) is 302 cm³/mol. The summed E-state index contributed by atoms with van der Waals surface area (Å²) in [5.74, 6) is 2.70. The number of nitrogens with zero attached hydrogens (tertiary/aromatic N) is 6. The van der Waals surface area contributed by atoms with Crippen LogP contribution < -0.4 is 14.2 Å². The molecular formula is C65H62N6O8. The molecule has 0 aliphatic carbocycles. The zero-order valence-corrected chi connectivity index (χ0v) is 46.1. The molecule has 0 saturated heterocycles. The van der Waals surface area contributed by atoms with E-state index in [9.17, 15) is 4.79 Å². The summed E-state index contributed by atoms with van der Waals surface area (Å²) in [4.78, 5) is 13.2. The maximum absolute atomic E-state index is 13.2. The number of aromatic nitrogens is 6. The van der Waals surface area contributed by atoms with Gasteiger partial charge in [-0.05, 0) is 135 Å². The Morgan fingerprint density at radius 3 is 0.848 bits per heavy atom. The highest BCUT2D eigenvalue weighted by Gasteiger charge is 2.23. The van der Waals surface area contributed by atoms with Gasteiger partial charge in [-0.15, -0.1) is 30.6 Å². The lowest BCUT2D eigenvalue weighted by molar-refractivity contribution is 0.0599. The van der Waals surface area contributed by atoms with Gasteiger partial charge in [0.05, 0.1) is 12.7 Å². The fourth-order valence-corrected chi connectivity index (χ4v) is 8.59. The largest absolute Gasteiger partial charge is 0.485 e. The highest BCUT2D eigenvalue weighted by atomic mass is 16.5. The van der Waals surface area contributed by atoms with Gasteiger partial charge < -0.3 is 32.2 Å². The van der Waals surface area contributed by atoms with E-state index in [1.54, 1.807) is 12.1 Å². The van der Waals surface area contributed by atoms with Crippen molar-refractivity contribution in [1.82, 2.24) is 30.6 Å². The molecule has 79 heavy (non-hydrogen) atoms. The number of esters is 1. The van der Waals surface area contributed by atoms with Crippen molar-refractivity contribution >= 4 is 5.97 Å². The first-order chi connectivity index (χ1) is 37.8. The molecule has 0 amide bonds. The molecular weight excluding hydrogens is 993 g/mol. The Bertz CT molecular complexity index is 3530. The first-order valence-corrected chi connectivity index (χ1v) is 26.1. The minimum atomic E-state index is -0.579. The van der Waals surface area contributed by atoms with Crippen molar-refractivity contribution in [2.24, 2.45) is 0 Å². The topological polar surface area (TPSA) is 171 Å². The van der Waals surface area contributed by atoms with Gasteiger partial charge in [0.25, 0.3) is 0 Å². The van der Waals surface area contributed by atoms with Crippen LogP contribution in [0.15, 0.2) is 171 Å². The van der Waals surface area contributed by atoms with Crippen LogP contribution in [0.4, 0.5) is 0 Å². The monoisotopic (exact) mass is 1050 g/mol. The van der Waals surface area contributed by atoms with Crippen LogP contribution in [0.1, 0.15) is 106 Å². The molecule has 3 heterocycles. The maximum Gasteiger partial charge on any atom is 0.338 e. The van der Waals surface area contributed by atoms with Crippen LogP contribution in [-0.2, 0) is 40.8 Å². The zero-order chi connectivity index (χ0) is 55.5. The van der Waals surface area contributed by atoms with Gasteiger partial charge in [-0.2, -0.15) is 0 Å². The molecule has 14 nitrogen and oxygen atoms in total. The molecule has 0 unspecified atom stereocenters. The van der Waals surface area contributed by atoms with E-state index in [4.69, 9.17) is 32.2 Å². The molecule has 7 aromatic carbocycles. The molecule has 400 valence electrons. The number of hydrogen-bond acceptors (Lipinski definition) is 14. The number of methoxy groups -OCH3 is 1. The van der Waals surface area contributed by atoms with E-state index in [0.29, 0.717) is 35.3 Å². The smallest absolute Gasteiger partial charge is 0.338 e. The summed E-state index contributed by atoms with van der Waals surface area (Å²) in [6, 6.07) is 50.6. The molecule has 10 rings (SSSR count). The van der Waals surface area contributed by atoms with Gasteiger partial charge >= 0.3 is 5.97 Å². The Hall–Kier alpha value is -9.17. The van der Waals surface area contributed by atoms with Crippen LogP contribution in [0.5, 0.6) is 17.2 Å². The Labute approximate surface area is 459 Å². The third-order valence-electron chi connectivity index (χ3n) is 13.5. The highest BCUT2D eigenvalue weighted by molar-refractivity contribution is 5.91. The normalized spacial score (nSPS) is 11.9. The fraction of sp³-hybridized carbons (Fsp3) is 0.246. The lowest BCUT2D eigenvalue weighted by atomic mass is 9.87. The second kappa shape index (κ2) is 22.1. The van der Waals surface area contributed by atoms with Crippen LogP contribution >= 0.6 is 0 Å². The quantitative estimate of drug-likeness (QED) is 0.0837. The van der Waals surface area contributed by atoms with Crippen LogP contribution in [0.2, 0.25) is 0 Å². The van der Waals surface area contributed by atoms with Crippen molar-refractivity contribution in [1.29, 1.82) is 0 Å². The standard InChI is InChI=1S/C65H62N6O8/c1-63(2,3)50-29-23-46(24-30-50)59-69-66-56(77-59)43-17-11-40(12-18-43)37-74-53-35-49(62(72)73-10)36-54(75-38-41-13-19-44(20-14-41)57-67-70-60(78-57)47-25-31-51(32-26-47)64(4,5)6)55(53)76-39-42-15-21-45(22-16-42)58-68-71-61(79-58)48-27-33-52(34-28-48)65(7,8)9/h11-36H,37-39H2,1-10H3. The van der Waals surface area contributed by atoms with Crippen molar-refractivity contribution in [3.8, 4) is 86.0 Å². The fourth-order valence-electron chi connectivity index (χ4n) is 8.59. The third kappa shape index (κ3) is 12.5. The Kier molecular flexibility index (Phi) is 14.9. The average Bonchev–Trinajstić information content (AvgIpc) is 4.28. The van der Waals surface area contributed by atoms with Crippen LogP contribution in [0.25, 0.3) is 68.7 Å². The summed E-state index contributed by atoms with van der Waals surface area (Å²) < 4.78 is 43.2. The first kappa shape index (κ1) is 53.2. The number of ether oxygens (including phenoxy) is 4. The van der Waals surface area contributed by atoms with Gasteiger partial charge in [0.2, 0.25) is 41.1 Å². The minimum Gasteiger partial charge on any atom is -0.485 e. The van der Waals surface area contributed by atoms with Crippen LogP contribution in [0.3, 0.4) is 0 Å². The van der Waals surface area contributed by atoms with Crippen molar-refractivity contribution < 1.29 is 37.0 Å². The SMILES string of the molecule is COC(=O)c1cc(OCc2ccc(-c3nnc(-c4ccc(C(C)(C)C)cc4)o3)cc2)c(OCc2ccc(-c3nnc(-c4ccc(C(C)(C)C)cc4)o3)cc2)c(OCc2ccc(-c3nnc(-c4ccc(C(C)(C)C)cc4)o3)cc2)c1. The van der Waals surface area contributed by atoms with Gasteiger partial charge in [-0.25, -0.2) is 4.79 Å². The maximum atomic E-state index is 13.2. The van der Waals surface area contributed by atoms with E-state index in [1.165, 1.54) is 23.8 Å². The van der Waals surface area contributed by atoms with Gasteiger partial charge in [0.15, 0.2) is 11.5 Å². The molecule has 0 saturated carbocycles. The Morgan fingerprint density at radius 2 is 0.608 bits per heavy atom. The van der Waals surface area contributed by atoms with E-state index in [2.05, 4.69) is 129 Å². The molecule has 3 aromatic heterocycles. The third-order valence-corrected chi connectivity index (χ3v) is 13.5. The van der Waals surface area contributed by atoms with E-state index >= 15 is 0 Å². The number of rotatable bonds is 16. The van der Waals surface area contributed by atoms with E-state index in [1.807, 2.05) is 109 Å². The summed E-state index contributed by atoms with van der Waals surface area (Å²) in [6.07, 6.45) is 0. The molecule has 10 aromatic rings. The molecule has 0 radical (unpaired) electrons. The minimum absolute atomic E-state index is 0.0237. The van der Waals surface area contributed by atoms with Crippen molar-refractivity contribution in [2.75, 3.05) is 7.11 Å². The molecule has 0 aliphatic rings. The molecule has 14 heteroatoms. The lowest BCUT2D eigenvalue weighted by Crippen LogP contribution is -2.10. The summed E-state index contributed by atoms with van der Waals surface area (Å²) in [5, 5.41) is 26.0. The molecule has 0 aliphatic heterocycles. The summed E-state index contributed by atoms with van der Waals surface area (Å²) in [6.45, 7) is 19.9. The van der Waals surface area contributed by atoms with E-state index in [0.717, 1.165) is 50.1 Å². The molecule has 0 fully saturated rings. The summed E-state index contributed by atoms with van der Waals surface area (Å²) in [5.41, 5.74) is 11.2. The van der Waals surface area contributed by atoms with Crippen LogP contribution in [0, 0.1) is 0 Å². The lowest BCUT2D eigenvalue weighted by Gasteiger charge is -2.19. The number of carbonyl (C=O) groups excluding carboxylic acids is 1. The van der Waals surface area contributed by atoms with E-state index in [-0.39, 0.29) is 58.9 Å². The van der Waals surface area contributed by atoms with E-state index < -0.39 is 5.97 Å². The molecule has 0 atom stereocenters. The summed E-state index contributed by atoms with van der Waals surface area (Å²) in [7, 11) is 1.32. The molecule has 0 bridgehead atoms. The van der Waals surface area contributed by atoms with Crippen molar-refractivity contribution in [3.05, 3.63) is 197 Å². The molecule has 0 spiro atoms. The number of carbonyl (C=O) groups is 1. The van der Waals surface area contributed by atoms with Gasteiger partial charge in [-0.1, -0.05) is 135 Å². The highest BCUT2D eigenvalue weighted by Crippen LogP contribution is 2.41. The zero-order valence-electron chi connectivity index (χ0n) is 46.1. The van der Waals surface area contributed by atoms with Gasteiger partial charge in [0, 0.05) is 33.4 Å². The Balaban J connectivity index is 0.880. The van der Waals surface area contributed by atoms with Gasteiger partial charge in [-0.3, -0.25) is 0 Å². The molecule has 0 N–H and O–H groups in total. The van der Waals surface area contributed by atoms with Crippen LogP contribution in [-0.4, -0.2) is 43.7 Å². The van der Waals surface area contributed by atoms with Crippen molar-refractivity contribution in [2.45, 2.75) is 98.4 Å². The average molecular weight is 1060 g/mol. The van der Waals surface area contributed by atoms with Gasteiger partial charge in [0.1, 0.15) is 19.8 Å².